The molecule has 0 saturated carbocycles. The molecule has 0 unspecified atom stereocenters. The lowest BCUT2D eigenvalue weighted by Gasteiger charge is -1.92. The van der Waals surface area contributed by atoms with E-state index in [9.17, 15) is 4.79 Å². The Morgan fingerprint density at radius 2 is 1.50 bits per heavy atom. The van der Waals surface area contributed by atoms with Crippen molar-refractivity contribution in [3.63, 3.8) is 0 Å². The Labute approximate surface area is 107 Å². The molecule has 0 aliphatic heterocycles. The molecule has 0 aliphatic carbocycles. The molecule has 0 fully saturated rings. The number of hydrogen-bond acceptors (Lipinski definition) is 1. The van der Waals surface area contributed by atoms with Crippen molar-refractivity contribution in [3.8, 4) is 11.8 Å². The highest BCUT2D eigenvalue weighted by Gasteiger charge is 1.91. The van der Waals surface area contributed by atoms with Crippen LogP contribution in [0.5, 0.6) is 0 Å². The van der Waals surface area contributed by atoms with Crippen LogP contribution in [0, 0.1) is 11.8 Å². The van der Waals surface area contributed by atoms with Crippen LogP contribution < -0.4 is 0 Å². The van der Waals surface area contributed by atoms with Crippen LogP contribution in [-0.2, 0) is 4.79 Å². The van der Waals surface area contributed by atoms with Crippen LogP contribution >= 0.6 is 0 Å². The van der Waals surface area contributed by atoms with Crippen LogP contribution in [0.1, 0.15) is 11.1 Å². The summed E-state index contributed by atoms with van der Waals surface area (Å²) in [5.41, 5.74) is 2.35. The third-order valence-electron chi connectivity index (χ3n) is 2.37. The van der Waals surface area contributed by atoms with Gasteiger partial charge in [0.25, 0.3) is 0 Å². The molecule has 0 bridgehead atoms. The number of hydrogen-bond donors (Lipinski definition) is 0. The molecule has 0 N–H and O–H groups in total. The second-order valence-electron chi connectivity index (χ2n) is 3.74. The first-order chi connectivity index (χ1) is 8.88. The van der Waals surface area contributed by atoms with Gasteiger partial charge in [-0.3, -0.25) is 4.79 Å². The van der Waals surface area contributed by atoms with E-state index in [-0.39, 0.29) is 0 Å². The Bertz CT molecular complexity index is 598. The number of allylic oxidation sites excluding steroid dienone is 1. The van der Waals surface area contributed by atoms with Crippen molar-refractivity contribution in [2.24, 2.45) is 0 Å². The van der Waals surface area contributed by atoms with Crippen LogP contribution in [0.4, 0.5) is 0 Å². The minimum atomic E-state index is 0.477. The Balaban J connectivity index is 2.24. The van der Waals surface area contributed by atoms with Crippen LogP contribution in [0.3, 0.4) is 0 Å². The highest BCUT2D eigenvalue weighted by molar-refractivity contribution is 5.88. The summed E-state index contributed by atoms with van der Waals surface area (Å²) in [5, 5.41) is 0. The van der Waals surface area contributed by atoms with Crippen LogP contribution in [0.2, 0.25) is 0 Å². The Hall–Kier alpha value is -2.59. The maximum Gasteiger partial charge on any atom is 0.158 e. The molecule has 2 aromatic carbocycles. The maximum absolute atomic E-state index is 11.0. The first-order valence-electron chi connectivity index (χ1n) is 5.67. The average Bonchev–Trinajstić information content (AvgIpc) is 2.45. The van der Waals surface area contributed by atoms with Crippen molar-refractivity contribution in [3.05, 3.63) is 77.4 Å². The van der Waals surface area contributed by atoms with Gasteiger partial charge in [0, 0.05) is 5.56 Å². The third-order valence-corrected chi connectivity index (χ3v) is 2.37. The zero-order valence-electron chi connectivity index (χ0n) is 9.84. The number of carbonyl (C=O) groups excluding carboxylic acids is 1. The number of carbonyl (C=O) groups is 1. The van der Waals surface area contributed by atoms with Gasteiger partial charge in [0.1, 0.15) is 0 Å². The second kappa shape index (κ2) is 6.22. The Kier molecular flexibility index (Phi) is 4.11. The largest absolute Gasteiger partial charge is 0.297 e. The van der Waals surface area contributed by atoms with Gasteiger partial charge in [0.2, 0.25) is 0 Å². The fourth-order valence-electron chi connectivity index (χ4n) is 1.49. The molecule has 2 rings (SSSR count). The summed E-state index contributed by atoms with van der Waals surface area (Å²) in [4.78, 5) is 11.0. The van der Waals surface area contributed by atoms with Gasteiger partial charge in [-0.1, -0.05) is 60.4 Å². The van der Waals surface area contributed by atoms with Crippen molar-refractivity contribution < 1.29 is 4.79 Å². The second-order valence-corrected chi connectivity index (χ2v) is 3.74. The zero-order valence-corrected chi connectivity index (χ0v) is 9.84. The number of aldehydes is 1. The summed E-state index contributed by atoms with van der Waals surface area (Å²) in [5.74, 6) is 5.84. The lowest BCUT2D eigenvalue weighted by atomic mass is 10.1. The third kappa shape index (κ3) is 3.47. The highest BCUT2D eigenvalue weighted by Crippen LogP contribution is 2.04. The van der Waals surface area contributed by atoms with Gasteiger partial charge in [0.05, 0.1) is 5.57 Å². The summed E-state index contributed by atoms with van der Waals surface area (Å²) in [6.45, 7) is 0. The van der Waals surface area contributed by atoms with Crippen molar-refractivity contribution >= 4 is 12.4 Å². The molecular weight excluding hydrogens is 220 g/mol. The summed E-state index contributed by atoms with van der Waals surface area (Å²) in [6, 6.07) is 19.3. The zero-order chi connectivity index (χ0) is 12.6. The van der Waals surface area contributed by atoms with Crippen molar-refractivity contribution in [1.82, 2.24) is 0 Å². The van der Waals surface area contributed by atoms with E-state index in [0.29, 0.717) is 5.57 Å². The first kappa shape index (κ1) is 11.9. The molecule has 0 spiro atoms. The van der Waals surface area contributed by atoms with Crippen molar-refractivity contribution in [2.75, 3.05) is 0 Å². The molecule has 0 amide bonds. The van der Waals surface area contributed by atoms with Crippen LogP contribution in [0.15, 0.2) is 66.2 Å². The predicted octanol–water partition coefficient (Wildman–Crippen LogP) is 3.32. The summed E-state index contributed by atoms with van der Waals surface area (Å²) >= 11 is 0. The molecule has 86 valence electrons. The smallest absolute Gasteiger partial charge is 0.158 e. The lowest BCUT2D eigenvalue weighted by Crippen LogP contribution is -1.81. The van der Waals surface area contributed by atoms with Gasteiger partial charge in [-0.15, -0.1) is 0 Å². The highest BCUT2D eigenvalue weighted by atomic mass is 16.1. The fourth-order valence-corrected chi connectivity index (χ4v) is 1.49. The van der Waals surface area contributed by atoms with E-state index in [4.69, 9.17) is 0 Å². The number of rotatable bonds is 2. The van der Waals surface area contributed by atoms with Gasteiger partial charge in [0.15, 0.2) is 6.29 Å². The quantitative estimate of drug-likeness (QED) is 0.441. The summed E-state index contributed by atoms with van der Waals surface area (Å²) in [7, 11) is 0. The van der Waals surface area contributed by atoms with Gasteiger partial charge < -0.3 is 0 Å². The minimum Gasteiger partial charge on any atom is -0.297 e. The van der Waals surface area contributed by atoms with E-state index in [1.54, 1.807) is 6.08 Å². The van der Waals surface area contributed by atoms with E-state index < -0.39 is 0 Å². The minimum absolute atomic E-state index is 0.477. The molecule has 0 saturated heterocycles. The van der Waals surface area contributed by atoms with E-state index in [0.717, 1.165) is 17.4 Å². The summed E-state index contributed by atoms with van der Waals surface area (Å²) in [6.07, 6.45) is 2.56. The average molecular weight is 232 g/mol. The van der Waals surface area contributed by atoms with Crippen LogP contribution in [0.25, 0.3) is 6.08 Å². The maximum atomic E-state index is 11.0. The molecule has 0 aromatic heterocycles. The monoisotopic (exact) mass is 232 g/mol. The molecular formula is C17H12O. The van der Waals surface area contributed by atoms with Gasteiger partial charge in [-0.2, -0.15) is 0 Å². The first-order valence-corrected chi connectivity index (χ1v) is 5.67. The molecule has 1 nitrogen and oxygen atoms in total. The standard InChI is InChI=1S/C17H12O/c18-14-17(13-16-9-5-2-6-10-16)12-11-15-7-3-1-4-8-15/h1-10,13-14H. The van der Waals surface area contributed by atoms with E-state index in [1.165, 1.54) is 0 Å². The van der Waals surface area contributed by atoms with Gasteiger partial charge in [-0.05, 0) is 23.8 Å². The SMILES string of the molecule is O=CC(C#Cc1ccccc1)=Cc1ccccc1. The molecule has 0 atom stereocenters. The lowest BCUT2D eigenvalue weighted by molar-refractivity contribution is -0.104. The Morgan fingerprint density at radius 3 is 2.11 bits per heavy atom. The predicted molar refractivity (Wildman–Crippen MR) is 73.8 cm³/mol. The van der Waals surface area contributed by atoms with E-state index >= 15 is 0 Å². The van der Waals surface area contributed by atoms with Crippen molar-refractivity contribution in [2.45, 2.75) is 0 Å². The topological polar surface area (TPSA) is 17.1 Å². The van der Waals surface area contributed by atoms with Gasteiger partial charge in [-0.25, -0.2) is 0 Å². The molecule has 2 aromatic rings. The normalized spacial score (nSPS) is 10.3. The molecule has 18 heavy (non-hydrogen) atoms. The molecule has 0 heterocycles. The molecule has 0 radical (unpaired) electrons. The van der Waals surface area contributed by atoms with E-state index in [1.807, 2.05) is 60.7 Å². The summed E-state index contributed by atoms with van der Waals surface area (Å²) < 4.78 is 0. The fraction of sp³-hybridized carbons (Fsp3) is 0. The molecule has 0 aliphatic rings. The Morgan fingerprint density at radius 1 is 0.889 bits per heavy atom. The number of benzene rings is 2. The van der Waals surface area contributed by atoms with Gasteiger partial charge >= 0.3 is 0 Å². The van der Waals surface area contributed by atoms with E-state index in [2.05, 4.69) is 11.8 Å². The van der Waals surface area contributed by atoms with Crippen LogP contribution in [-0.4, -0.2) is 6.29 Å². The van der Waals surface area contributed by atoms with Crippen molar-refractivity contribution in [1.29, 1.82) is 0 Å². The molecule has 1 heteroatoms.